The van der Waals surface area contributed by atoms with Crippen LogP contribution in [0.25, 0.3) is 11.0 Å². The number of aromatic nitrogens is 2. The molecule has 4 rings (SSSR count). The molecule has 0 unspecified atom stereocenters. The molecular formula is C21H26N4O3S. The average molecular weight is 415 g/mol. The fourth-order valence-electron chi connectivity index (χ4n) is 3.61. The number of morpholine rings is 1. The predicted octanol–water partition coefficient (Wildman–Crippen LogP) is 1.89. The summed E-state index contributed by atoms with van der Waals surface area (Å²) in [5, 5.41) is 0. The van der Waals surface area contributed by atoms with E-state index in [9.17, 15) is 8.42 Å². The van der Waals surface area contributed by atoms with Crippen LogP contribution in [0.4, 0.5) is 0 Å². The highest BCUT2D eigenvalue weighted by atomic mass is 32.2. The van der Waals surface area contributed by atoms with Gasteiger partial charge in [-0.1, -0.05) is 30.3 Å². The summed E-state index contributed by atoms with van der Waals surface area (Å²) in [4.78, 5) is 7.42. The van der Waals surface area contributed by atoms with Crippen LogP contribution >= 0.6 is 0 Å². The van der Waals surface area contributed by atoms with Crippen LogP contribution in [0.15, 0.2) is 59.5 Å². The second-order valence-electron chi connectivity index (χ2n) is 7.08. The molecule has 2 heterocycles. The van der Waals surface area contributed by atoms with E-state index in [0.29, 0.717) is 13.0 Å². The summed E-state index contributed by atoms with van der Waals surface area (Å²) in [6, 6.07) is 16.5. The molecule has 7 nitrogen and oxygen atoms in total. The van der Waals surface area contributed by atoms with Crippen molar-refractivity contribution >= 4 is 21.1 Å². The van der Waals surface area contributed by atoms with Gasteiger partial charge in [0.2, 0.25) is 10.0 Å². The number of nitrogens with one attached hydrogen (secondary N) is 1. The molecular weight excluding hydrogens is 388 g/mol. The lowest BCUT2D eigenvalue weighted by molar-refractivity contribution is 0.0364. The Morgan fingerprint density at radius 2 is 1.69 bits per heavy atom. The zero-order valence-corrected chi connectivity index (χ0v) is 17.1. The fraction of sp³-hybridized carbons (Fsp3) is 0.381. The van der Waals surface area contributed by atoms with Crippen LogP contribution in [0.2, 0.25) is 0 Å². The maximum atomic E-state index is 12.5. The lowest BCUT2D eigenvalue weighted by Gasteiger charge is -2.27. The van der Waals surface area contributed by atoms with Crippen LogP contribution in [0.5, 0.6) is 0 Å². The molecule has 0 aliphatic carbocycles. The Bertz CT molecular complexity index is 1040. The maximum absolute atomic E-state index is 12.5. The van der Waals surface area contributed by atoms with Gasteiger partial charge in [-0.2, -0.15) is 0 Å². The summed E-state index contributed by atoms with van der Waals surface area (Å²) in [6.07, 6.45) is 0.532. The highest BCUT2D eigenvalue weighted by Crippen LogP contribution is 2.17. The maximum Gasteiger partial charge on any atom is 0.240 e. The van der Waals surface area contributed by atoms with Crippen molar-refractivity contribution in [2.24, 2.45) is 0 Å². The second kappa shape index (κ2) is 9.04. The number of benzene rings is 2. The standard InChI is InChI=1S/C21H26N4O3S/c26-29(27,18-6-2-1-3-7-18)22-11-10-21-23-19-8-4-5-9-20(19)25(21)13-12-24-14-16-28-17-15-24/h1-9,22H,10-17H2. The number of fused-ring (bicyclic) bond motifs is 1. The van der Waals surface area contributed by atoms with E-state index in [0.717, 1.165) is 56.3 Å². The van der Waals surface area contributed by atoms with E-state index < -0.39 is 10.0 Å². The molecule has 0 bridgehead atoms. The highest BCUT2D eigenvalue weighted by molar-refractivity contribution is 7.89. The molecule has 1 aromatic heterocycles. The molecule has 2 aromatic carbocycles. The quantitative estimate of drug-likeness (QED) is 0.609. The monoisotopic (exact) mass is 414 g/mol. The molecule has 0 atom stereocenters. The van der Waals surface area contributed by atoms with Crippen molar-refractivity contribution in [1.82, 2.24) is 19.2 Å². The predicted molar refractivity (Wildman–Crippen MR) is 112 cm³/mol. The molecule has 1 saturated heterocycles. The van der Waals surface area contributed by atoms with E-state index >= 15 is 0 Å². The van der Waals surface area contributed by atoms with Crippen LogP contribution in [-0.4, -0.2) is 62.3 Å². The SMILES string of the molecule is O=S(=O)(NCCc1nc2ccccc2n1CCN1CCOCC1)c1ccccc1. The zero-order valence-electron chi connectivity index (χ0n) is 16.3. The van der Waals surface area contributed by atoms with Gasteiger partial charge in [-0.05, 0) is 24.3 Å². The molecule has 1 aliphatic heterocycles. The van der Waals surface area contributed by atoms with Gasteiger partial charge >= 0.3 is 0 Å². The lowest BCUT2D eigenvalue weighted by Crippen LogP contribution is -2.38. The molecule has 0 radical (unpaired) electrons. The van der Waals surface area contributed by atoms with Gasteiger partial charge in [0.05, 0.1) is 29.1 Å². The number of rotatable bonds is 8. The van der Waals surface area contributed by atoms with Gasteiger partial charge in [0.25, 0.3) is 0 Å². The van der Waals surface area contributed by atoms with Crippen LogP contribution in [-0.2, 0) is 27.7 Å². The minimum Gasteiger partial charge on any atom is -0.379 e. The second-order valence-corrected chi connectivity index (χ2v) is 8.85. The van der Waals surface area contributed by atoms with E-state index in [-0.39, 0.29) is 4.90 Å². The third-order valence-electron chi connectivity index (χ3n) is 5.17. The van der Waals surface area contributed by atoms with E-state index in [4.69, 9.17) is 9.72 Å². The van der Waals surface area contributed by atoms with Gasteiger partial charge in [-0.3, -0.25) is 4.90 Å². The fourth-order valence-corrected chi connectivity index (χ4v) is 4.67. The number of nitrogens with zero attached hydrogens (tertiary/aromatic N) is 3. The summed E-state index contributed by atoms with van der Waals surface area (Å²) in [5.41, 5.74) is 2.03. The number of imidazole rings is 1. The summed E-state index contributed by atoms with van der Waals surface area (Å²) in [6.45, 7) is 5.49. The third kappa shape index (κ3) is 4.84. The Morgan fingerprint density at radius 1 is 0.966 bits per heavy atom. The summed E-state index contributed by atoms with van der Waals surface area (Å²) in [7, 11) is -3.51. The first-order valence-corrected chi connectivity index (χ1v) is 11.4. The first-order valence-electron chi connectivity index (χ1n) is 9.92. The number of ether oxygens (including phenoxy) is 1. The van der Waals surface area contributed by atoms with E-state index in [1.165, 1.54) is 0 Å². The van der Waals surface area contributed by atoms with Crippen LogP contribution in [0.1, 0.15) is 5.82 Å². The van der Waals surface area contributed by atoms with Crippen molar-refractivity contribution in [3.05, 3.63) is 60.4 Å². The number of sulfonamides is 1. The Kier molecular flexibility index (Phi) is 6.25. The molecule has 8 heteroatoms. The first-order chi connectivity index (χ1) is 14.1. The van der Waals surface area contributed by atoms with Crippen LogP contribution in [0.3, 0.4) is 0 Å². The Balaban J connectivity index is 1.46. The molecule has 154 valence electrons. The number of hydrogen-bond donors (Lipinski definition) is 1. The molecule has 1 aliphatic rings. The van der Waals surface area contributed by atoms with Gasteiger partial charge in [-0.25, -0.2) is 18.1 Å². The first kappa shape index (κ1) is 20.0. The highest BCUT2D eigenvalue weighted by Gasteiger charge is 2.16. The molecule has 29 heavy (non-hydrogen) atoms. The largest absolute Gasteiger partial charge is 0.379 e. The molecule has 1 N–H and O–H groups in total. The topological polar surface area (TPSA) is 76.5 Å². The molecule has 1 fully saturated rings. The lowest BCUT2D eigenvalue weighted by atomic mass is 10.3. The van der Waals surface area contributed by atoms with E-state index in [1.54, 1.807) is 30.3 Å². The van der Waals surface area contributed by atoms with Crippen molar-refractivity contribution in [2.75, 3.05) is 39.4 Å². The minimum absolute atomic E-state index is 0.279. The summed E-state index contributed by atoms with van der Waals surface area (Å²) in [5.74, 6) is 0.898. The van der Waals surface area contributed by atoms with Gasteiger partial charge in [0, 0.05) is 39.1 Å². The van der Waals surface area contributed by atoms with Crippen molar-refractivity contribution in [3.63, 3.8) is 0 Å². The van der Waals surface area contributed by atoms with Gasteiger partial charge in [0.15, 0.2) is 0 Å². The van der Waals surface area contributed by atoms with Crippen LogP contribution in [0, 0.1) is 0 Å². The van der Waals surface area contributed by atoms with Crippen molar-refractivity contribution < 1.29 is 13.2 Å². The van der Waals surface area contributed by atoms with Crippen molar-refractivity contribution in [1.29, 1.82) is 0 Å². The van der Waals surface area contributed by atoms with Gasteiger partial charge in [-0.15, -0.1) is 0 Å². The van der Waals surface area contributed by atoms with E-state index in [1.807, 2.05) is 18.2 Å². The Morgan fingerprint density at radius 3 is 2.48 bits per heavy atom. The summed E-state index contributed by atoms with van der Waals surface area (Å²) < 4.78 is 35.2. The third-order valence-corrected chi connectivity index (χ3v) is 6.65. The van der Waals surface area contributed by atoms with Crippen LogP contribution < -0.4 is 4.72 Å². The Labute approximate surface area is 171 Å². The molecule has 0 saturated carbocycles. The molecule has 0 amide bonds. The normalized spacial score (nSPS) is 15.7. The molecule has 0 spiro atoms. The van der Waals surface area contributed by atoms with Crippen molar-refractivity contribution in [3.8, 4) is 0 Å². The average Bonchev–Trinajstić information content (AvgIpc) is 3.11. The van der Waals surface area contributed by atoms with E-state index in [2.05, 4.69) is 20.3 Å². The van der Waals surface area contributed by atoms with Gasteiger partial charge in [0.1, 0.15) is 5.82 Å². The van der Waals surface area contributed by atoms with Crippen molar-refractivity contribution in [2.45, 2.75) is 17.9 Å². The number of hydrogen-bond acceptors (Lipinski definition) is 5. The van der Waals surface area contributed by atoms with Gasteiger partial charge < -0.3 is 9.30 Å². The Hall–Kier alpha value is -2.26. The molecule has 3 aromatic rings. The smallest absolute Gasteiger partial charge is 0.240 e. The summed E-state index contributed by atoms with van der Waals surface area (Å²) >= 11 is 0. The zero-order chi connectivity index (χ0) is 20.1. The minimum atomic E-state index is -3.51. The number of para-hydroxylation sites is 2.